The molecule has 2 aliphatic heterocycles. The number of nitrogens with one attached hydrogen (secondary N) is 2. The van der Waals surface area contributed by atoms with Crippen molar-refractivity contribution in [2.24, 2.45) is 0 Å². The Morgan fingerprint density at radius 2 is 2.04 bits per heavy atom. The van der Waals surface area contributed by atoms with Crippen LogP contribution in [0.4, 0.5) is 4.79 Å². The number of aromatic nitrogens is 2. The van der Waals surface area contributed by atoms with Crippen molar-refractivity contribution in [3.05, 3.63) is 47.8 Å². The number of likely N-dealkylation sites (tertiary alicyclic amines) is 1. The van der Waals surface area contributed by atoms with Gasteiger partial charge in [-0.1, -0.05) is 30.3 Å². The molecule has 1 aromatic heterocycles. The minimum absolute atomic E-state index is 0.0144. The number of benzene rings is 1. The molecule has 0 radical (unpaired) electrons. The van der Waals surface area contributed by atoms with Crippen LogP contribution in [0.1, 0.15) is 47.7 Å². The molecule has 0 unspecified atom stereocenters. The molecule has 7 heteroatoms. The van der Waals surface area contributed by atoms with E-state index in [9.17, 15) is 9.59 Å². The molecular formula is C20H22N4O3. The fraction of sp³-hybridized carbons (Fsp3) is 0.450. The maximum Gasteiger partial charge on any atom is 0.317 e. The van der Waals surface area contributed by atoms with Crippen molar-refractivity contribution in [3.8, 4) is 5.75 Å². The Balaban J connectivity index is 1.17. The third-order valence-electron chi connectivity index (χ3n) is 5.98. The summed E-state index contributed by atoms with van der Waals surface area (Å²) >= 11 is 0. The molecule has 2 fully saturated rings. The van der Waals surface area contributed by atoms with Gasteiger partial charge < -0.3 is 15.0 Å². The van der Waals surface area contributed by atoms with Crippen LogP contribution in [0, 0.1) is 0 Å². The number of carbonyl (C=O) groups is 2. The molecule has 1 aliphatic carbocycles. The number of ketones is 1. The van der Waals surface area contributed by atoms with Crippen molar-refractivity contribution >= 4 is 11.8 Å². The van der Waals surface area contributed by atoms with Crippen molar-refractivity contribution in [1.29, 1.82) is 0 Å². The first-order valence-electron chi connectivity index (χ1n) is 9.50. The summed E-state index contributed by atoms with van der Waals surface area (Å²) < 4.78 is 6.09. The first-order chi connectivity index (χ1) is 13.1. The lowest BCUT2D eigenvalue weighted by atomic mass is 9.84. The number of urea groups is 1. The number of fused-ring (bicyclic) bond motifs is 1. The number of piperidine rings is 1. The quantitative estimate of drug-likeness (QED) is 0.855. The zero-order valence-electron chi connectivity index (χ0n) is 15.0. The predicted octanol–water partition coefficient (Wildman–Crippen LogP) is 2.48. The lowest BCUT2D eigenvalue weighted by Crippen LogP contribution is -2.54. The minimum Gasteiger partial charge on any atom is -0.483 e. The summed E-state index contributed by atoms with van der Waals surface area (Å²) in [6.07, 6.45) is 4.21. The summed E-state index contributed by atoms with van der Waals surface area (Å²) in [6, 6.07) is 10.5. The van der Waals surface area contributed by atoms with E-state index in [1.54, 1.807) is 6.20 Å². The number of hydrogen-bond acceptors (Lipinski definition) is 4. The zero-order valence-corrected chi connectivity index (χ0v) is 15.0. The zero-order chi connectivity index (χ0) is 18.4. The Kier molecular flexibility index (Phi) is 3.70. The molecule has 140 valence electrons. The van der Waals surface area contributed by atoms with Gasteiger partial charge in [0.25, 0.3) is 0 Å². The molecule has 2 amide bonds. The average Bonchev–Trinajstić information content (AvgIpc) is 3.28. The summed E-state index contributed by atoms with van der Waals surface area (Å²) in [5.41, 5.74) is 1.24. The summed E-state index contributed by atoms with van der Waals surface area (Å²) in [5, 5.41) is 9.75. The van der Waals surface area contributed by atoms with Crippen molar-refractivity contribution in [3.63, 3.8) is 0 Å². The molecule has 1 saturated carbocycles. The Bertz CT molecular complexity index is 870. The topological polar surface area (TPSA) is 87.3 Å². The molecule has 1 aromatic carbocycles. The molecule has 2 aromatic rings. The summed E-state index contributed by atoms with van der Waals surface area (Å²) in [6.45, 7) is 1.18. The Hall–Kier alpha value is -2.83. The van der Waals surface area contributed by atoms with Gasteiger partial charge in [-0.05, 0) is 12.0 Å². The number of nitrogens with zero attached hydrogens (tertiary/aromatic N) is 2. The van der Waals surface area contributed by atoms with E-state index in [0.29, 0.717) is 49.7 Å². The van der Waals surface area contributed by atoms with Crippen LogP contribution in [-0.4, -0.2) is 51.6 Å². The van der Waals surface area contributed by atoms with E-state index in [2.05, 4.69) is 27.6 Å². The standard InChI is InChI=1S/C20H22N4O3/c25-16-11-20(27-17-12-21-23-18(16)17)6-8-24(9-7-20)19(26)22-15-10-14(15)13-4-2-1-3-5-13/h1-5,12,14-15H,6-11H2,(H,21,23)(H,22,26)/t14-,15+/m0/s1. The lowest BCUT2D eigenvalue weighted by Gasteiger charge is -2.43. The predicted molar refractivity (Wildman–Crippen MR) is 97.8 cm³/mol. The molecule has 2 atom stereocenters. The minimum atomic E-state index is -0.503. The van der Waals surface area contributed by atoms with Gasteiger partial charge in [0.1, 0.15) is 11.3 Å². The van der Waals surface area contributed by atoms with Gasteiger partial charge in [-0.25, -0.2) is 4.79 Å². The number of hydrogen-bond donors (Lipinski definition) is 2. The summed E-state index contributed by atoms with van der Waals surface area (Å²) in [7, 11) is 0. The monoisotopic (exact) mass is 366 g/mol. The summed E-state index contributed by atoms with van der Waals surface area (Å²) in [4.78, 5) is 26.8. The molecule has 3 aliphatic rings. The molecule has 5 rings (SSSR count). The largest absolute Gasteiger partial charge is 0.483 e. The van der Waals surface area contributed by atoms with Gasteiger partial charge in [0.15, 0.2) is 11.5 Å². The summed E-state index contributed by atoms with van der Waals surface area (Å²) in [5.74, 6) is 0.994. The molecular weight excluding hydrogens is 344 g/mol. The fourth-order valence-corrected chi connectivity index (χ4v) is 4.27. The third-order valence-corrected chi connectivity index (χ3v) is 5.98. The van der Waals surface area contributed by atoms with Gasteiger partial charge in [0.2, 0.25) is 0 Å². The number of rotatable bonds is 2. The van der Waals surface area contributed by atoms with Crippen LogP contribution >= 0.6 is 0 Å². The smallest absolute Gasteiger partial charge is 0.317 e. The van der Waals surface area contributed by atoms with Gasteiger partial charge >= 0.3 is 6.03 Å². The first-order valence-corrected chi connectivity index (χ1v) is 9.50. The van der Waals surface area contributed by atoms with Gasteiger partial charge in [-0.15, -0.1) is 0 Å². The number of ether oxygens (including phenoxy) is 1. The Labute approximate surface area is 157 Å². The molecule has 1 saturated heterocycles. The van der Waals surface area contributed by atoms with Gasteiger partial charge in [0, 0.05) is 37.9 Å². The van der Waals surface area contributed by atoms with E-state index in [-0.39, 0.29) is 17.9 Å². The number of H-pyrrole nitrogens is 1. The Morgan fingerprint density at radius 3 is 2.81 bits per heavy atom. The molecule has 27 heavy (non-hydrogen) atoms. The number of aromatic amines is 1. The second kappa shape index (κ2) is 6.11. The van der Waals surface area contributed by atoms with Crippen molar-refractivity contribution in [2.75, 3.05) is 13.1 Å². The maximum atomic E-state index is 12.6. The van der Waals surface area contributed by atoms with Crippen LogP contribution in [0.25, 0.3) is 0 Å². The van der Waals surface area contributed by atoms with Crippen molar-refractivity contribution in [2.45, 2.75) is 43.2 Å². The molecule has 2 N–H and O–H groups in total. The third kappa shape index (κ3) is 2.97. The molecule has 3 heterocycles. The van der Waals surface area contributed by atoms with Crippen LogP contribution in [-0.2, 0) is 0 Å². The SMILES string of the molecule is O=C1CC2(CCN(C(=O)N[C@@H]3C[C@H]3c3ccccc3)CC2)Oc2cn[nH]c21. The highest BCUT2D eigenvalue weighted by molar-refractivity contribution is 5.98. The van der Waals surface area contributed by atoms with E-state index in [4.69, 9.17) is 4.74 Å². The Morgan fingerprint density at radius 1 is 1.26 bits per heavy atom. The fourth-order valence-electron chi connectivity index (χ4n) is 4.27. The van der Waals surface area contributed by atoms with Crippen molar-refractivity contribution < 1.29 is 14.3 Å². The highest BCUT2D eigenvalue weighted by Crippen LogP contribution is 2.41. The van der Waals surface area contributed by atoms with Gasteiger partial charge in [-0.2, -0.15) is 5.10 Å². The highest BCUT2D eigenvalue weighted by Gasteiger charge is 2.45. The normalized spacial score (nSPS) is 25.6. The van der Waals surface area contributed by atoms with E-state index in [1.165, 1.54) is 5.56 Å². The van der Waals surface area contributed by atoms with E-state index >= 15 is 0 Å². The van der Waals surface area contributed by atoms with Crippen LogP contribution < -0.4 is 10.1 Å². The van der Waals surface area contributed by atoms with E-state index in [0.717, 1.165) is 6.42 Å². The van der Waals surface area contributed by atoms with Crippen LogP contribution in [0.2, 0.25) is 0 Å². The van der Waals surface area contributed by atoms with Crippen LogP contribution in [0.15, 0.2) is 36.5 Å². The molecule has 7 nitrogen and oxygen atoms in total. The van der Waals surface area contributed by atoms with Crippen LogP contribution in [0.3, 0.4) is 0 Å². The van der Waals surface area contributed by atoms with E-state index < -0.39 is 5.60 Å². The lowest BCUT2D eigenvalue weighted by molar-refractivity contribution is -0.000825. The average molecular weight is 366 g/mol. The van der Waals surface area contributed by atoms with Crippen LogP contribution in [0.5, 0.6) is 5.75 Å². The van der Waals surface area contributed by atoms with Gasteiger partial charge in [0.05, 0.1) is 12.6 Å². The van der Waals surface area contributed by atoms with Crippen molar-refractivity contribution in [1.82, 2.24) is 20.4 Å². The first kappa shape index (κ1) is 16.4. The number of amides is 2. The number of Topliss-reactive ketones (excluding diaryl/α,β-unsaturated/α-hetero) is 1. The molecule has 1 spiro atoms. The second-order valence-corrected chi connectivity index (χ2v) is 7.79. The van der Waals surface area contributed by atoms with E-state index in [1.807, 2.05) is 23.1 Å². The molecule has 0 bridgehead atoms. The second-order valence-electron chi connectivity index (χ2n) is 7.79. The number of carbonyl (C=O) groups excluding carboxylic acids is 2. The highest BCUT2D eigenvalue weighted by atomic mass is 16.5. The maximum absolute atomic E-state index is 12.6. The van der Waals surface area contributed by atoms with Gasteiger partial charge in [-0.3, -0.25) is 9.89 Å².